The van der Waals surface area contributed by atoms with E-state index < -0.39 is 131 Å². The number of hydrogen-bond acceptors (Lipinski definition) is 19. The monoisotopic (exact) mass is 813 g/mol. The maximum Gasteiger partial charge on any atom is 1.00 e. The molecule has 15 atom stereocenters. The average Bonchev–Trinajstić information content (AvgIpc) is 2.98. The van der Waals surface area contributed by atoms with Crippen LogP contribution in [-0.4, -0.2) is 131 Å². The molecule has 1 heterocycles. The molecule has 0 amide bonds. The molecule has 4 aliphatic carbocycles. The minimum Gasteiger partial charge on any atom is -0.748 e. The van der Waals surface area contributed by atoms with Crippen LogP contribution in [0.4, 0.5) is 0 Å². The molecule has 4 saturated carbocycles. The summed E-state index contributed by atoms with van der Waals surface area (Å²) < 4.78 is 110. The van der Waals surface area contributed by atoms with Crippen molar-refractivity contribution < 1.29 is 116 Å². The second kappa shape index (κ2) is 20.0. The van der Waals surface area contributed by atoms with Gasteiger partial charge in [-0.1, -0.05) is 12.8 Å². The van der Waals surface area contributed by atoms with Crippen LogP contribution in [0, 0.1) is 17.8 Å². The molecule has 0 bridgehead atoms. The first-order valence-electron chi connectivity index (χ1n) is 16.5. The van der Waals surface area contributed by atoms with Gasteiger partial charge in [-0.25, -0.2) is 25.3 Å². The van der Waals surface area contributed by atoms with Crippen molar-refractivity contribution >= 4 is 47.9 Å². The number of hydrogen-bond donors (Lipinski definition) is 8. The minimum atomic E-state index is -5.16. The molecule has 53 heavy (non-hydrogen) atoms. The number of alkyl halides is 1. The SMILES string of the molecule is O=C(O)C1CCCCC1N=NC1C(O)C2C(CC(S(=O)(=O)[O-])CC2NC2NC(O)NC(NC3CC(Cl)CCC3S(=O)(=O)[O-])N2)CC1S(=O)(=O)[O-].[Li+].[Li+].[Li+]. The number of nitrogens with zero attached hydrogens (tertiary/aromatic N) is 2. The fourth-order valence-electron chi connectivity index (χ4n) is 8.42. The van der Waals surface area contributed by atoms with E-state index in [0.29, 0.717) is 32.1 Å². The maximum atomic E-state index is 12.5. The van der Waals surface area contributed by atoms with Crippen molar-refractivity contribution in [1.29, 1.82) is 0 Å². The fourth-order valence-corrected chi connectivity index (χ4v) is 11.7. The van der Waals surface area contributed by atoms with Gasteiger partial charge < -0.3 is 29.0 Å². The van der Waals surface area contributed by atoms with Gasteiger partial charge in [0.05, 0.1) is 64.2 Å². The van der Waals surface area contributed by atoms with Gasteiger partial charge in [-0.3, -0.25) is 31.4 Å². The summed E-state index contributed by atoms with van der Waals surface area (Å²) in [5.74, 6) is -3.98. The number of azo groups is 1. The van der Waals surface area contributed by atoms with Gasteiger partial charge in [-0.15, -0.1) is 11.6 Å². The first kappa shape index (κ1) is 49.7. The Labute approximate surface area is 350 Å². The average molecular weight is 814 g/mol. The van der Waals surface area contributed by atoms with E-state index in [0.717, 1.165) is 0 Å². The summed E-state index contributed by atoms with van der Waals surface area (Å²) in [6.07, 6.45) is -4.14. The van der Waals surface area contributed by atoms with Gasteiger partial charge >= 0.3 is 62.6 Å². The molecule has 1 saturated heterocycles. The van der Waals surface area contributed by atoms with Gasteiger partial charge in [-0.2, -0.15) is 10.2 Å². The van der Waals surface area contributed by atoms with E-state index in [1.807, 2.05) is 0 Å². The van der Waals surface area contributed by atoms with E-state index in [4.69, 9.17) is 11.6 Å². The van der Waals surface area contributed by atoms with Crippen molar-refractivity contribution in [2.45, 2.75) is 135 Å². The van der Waals surface area contributed by atoms with Gasteiger partial charge in [-0.05, 0) is 57.3 Å². The molecule has 8 N–H and O–H groups in total. The summed E-state index contributed by atoms with van der Waals surface area (Å²) >= 11 is 6.25. The van der Waals surface area contributed by atoms with Crippen LogP contribution < -0.4 is 83.2 Å². The third-order valence-corrected chi connectivity index (χ3v) is 14.9. The van der Waals surface area contributed by atoms with Crippen LogP contribution in [0.2, 0.25) is 0 Å². The van der Waals surface area contributed by atoms with E-state index >= 15 is 0 Å². The number of carboxylic acid groups (broad SMARTS) is 1. The number of carbonyl (C=O) groups is 1. The summed E-state index contributed by atoms with van der Waals surface area (Å²) in [4.78, 5) is 11.8. The van der Waals surface area contributed by atoms with E-state index in [1.54, 1.807) is 0 Å². The quantitative estimate of drug-likeness (QED) is 0.0439. The molecule has 27 heteroatoms. The molecular weight excluding hydrogens is 771 g/mol. The third-order valence-electron chi connectivity index (χ3n) is 10.8. The number of fused-ring (bicyclic) bond motifs is 1. The van der Waals surface area contributed by atoms with E-state index in [2.05, 4.69) is 36.8 Å². The molecule has 20 nitrogen and oxygen atoms in total. The zero-order valence-corrected chi connectivity index (χ0v) is 32.9. The van der Waals surface area contributed by atoms with Crippen molar-refractivity contribution in [3.63, 3.8) is 0 Å². The van der Waals surface area contributed by atoms with Crippen LogP contribution in [0.3, 0.4) is 0 Å². The van der Waals surface area contributed by atoms with Crippen LogP contribution in [0.5, 0.6) is 0 Å². The van der Waals surface area contributed by atoms with Gasteiger partial charge in [0, 0.05) is 23.4 Å². The summed E-state index contributed by atoms with van der Waals surface area (Å²) in [7, 11) is -14.8. The predicted molar refractivity (Wildman–Crippen MR) is 170 cm³/mol. The number of carboxylic acids is 1. The normalized spacial score (nSPS) is 41.2. The van der Waals surface area contributed by atoms with Gasteiger partial charge in [0.2, 0.25) is 0 Å². The van der Waals surface area contributed by atoms with E-state index in [1.165, 1.54) is 0 Å². The number of rotatable bonds is 10. The van der Waals surface area contributed by atoms with Crippen LogP contribution in [0.1, 0.15) is 64.2 Å². The number of aliphatic hydroxyl groups excluding tert-OH is 2. The van der Waals surface area contributed by atoms with E-state index in [-0.39, 0.29) is 82.3 Å². The van der Waals surface area contributed by atoms with Crippen molar-refractivity contribution in [3.05, 3.63) is 0 Å². The Morgan fingerprint density at radius 3 is 1.87 bits per heavy atom. The standard InChI is InChI=1S/C26H46ClN7O13S3.3Li/c27-12-5-6-18(49(42,43)44)16(9-12)28-24-30-25(32-26(38)31-24)29-17-10-13(48(39,40)41)7-11-8-19(50(45,46)47)21(22(35)20(11)17)34-33-15-4-2-1-3-14(15)23(36)37;;;/h11-22,24-26,28-32,35,38H,1-10H2,(H,36,37)(H,39,40,41)(H,42,43,44)(H,45,46,47);;;/q;3*+1/p-3. The number of aliphatic hydroxyl groups is 2. The molecule has 0 aromatic heterocycles. The van der Waals surface area contributed by atoms with Crippen molar-refractivity contribution in [1.82, 2.24) is 26.6 Å². The Balaban J connectivity index is 0.00000324. The molecule has 5 rings (SSSR count). The summed E-state index contributed by atoms with van der Waals surface area (Å²) in [5.41, 5.74) is 0. The predicted octanol–water partition coefficient (Wildman–Crippen LogP) is -11.7. The zero-order chi connectivity index (χ0) is 36.8. The molecule has 1 aliphatic heterocycles. The minimum absolute atomic E-state index is 0. The van der Waals surface area contributed by atoms with Gasteiger partial charge in [0.25, 0.3) is 0 Å². The summed E-state index contributed by atoms with van der Waals surface area (Å²) in [5, 5.41) is 49.3. The third kappa shape index (κ3) is 12.5. The fraction of sp³-hybridized carbons (Fsp3) is 0.962. The molecule has 0 aromatic rings. The zero-order valence-electron chi connectivity index (χ0n) is 29.7. The van der Waals surface area contributed by atoms with Crippen LogP contribution in [0.15, 0.2) is 10.2 Å². The van der Waals surface area contributed by atoms with E-state index in [9.17, 15) is 59.0 Å². The second-order valence-corrected chi connectivity index (χ2v) is 19.4. The number of aliphatic carboxylic acids is 1. The first-order chi connectivity index (χ1) is 23.2. The number of halogens is 1. The molecule has 5 fully saturated rings. The Morgan fingerprint density at radius 2 is 1.30 bits per heavy atom. The Hall–Kier alpha value is 0.602. The van der Waals surface area contributed by atoms with Gasteiger partial charge in [0.1, 0.15) is 18.6 Å². The van der Waals surface area contributed by atoms with Crippen LogP contribution >= 0.6 is 11.6 Å². The molecule has 0 aromatic carbocycles. The Kier molecular flexibility index (Phi) is 18.8. The summed E-state index contributed by atoms with van der Waals surface area (Å²) in [6, 6.07) is -4.44. The van der Waals surface area contributed by atoms with Crippen molar-refractivity contribution in [3.8, 4) is 0 Å². The molecule has 15 unspecified atom stereocenters. The molecule has 0 radical (unpaired) electrons. The Morgan fingerprint density at radius 1 is 0.717 bits per heavy atom. The van der Waals surface area contributed by atoms with Crippen molar-refractivity contribution in [2.24, 2.45) is 28.0 Å². The van der Waals surface area contributed by atoms with Crippen LogP contribution in [0.25, 0.3) is 0 Å². The van der Waals surface area contributed by atoms with Crippen molar-refractivity contribution in [2.75, 3.05) is 0 Å². The molecule has 288 valence electrons. The number of nitrogens with one attached hydrogen (secondary N) is 5. The molecule has 5 aliphatic rings. The molecular formula is C26H43ClLi3N7O13S3. The smallest absolute Gasteiger partial charge is 0.748 e. The van der Waals surface area contributed by atoms with Gasteiger partial charge in [0.15, 0.2) is 6.35 Å². The largest absolute Gasteiger partial charge is 1.00 e. The molecule has 0 spiro atoms. The summed E-state index contributed by atoms with van der Waals surface area (Å²) in [6.45, 7) is 0. The van der Waals surface area contributed by atoms with Crippen LogP contribution in [-0.2, 0) is 35.1 Å². The first-order valence-corrected chi connectivity index (χ1v) is 21.3. The maximum absolute atomic E-state index is 12.5. The Bertz CT molecular complexity index is 1610. The topological polar surface area (TPSA) is 334 Å². The second-order valence-electron chi connectivity index (χ2n) is 14.0.